The zero-order chi connectivity index (χ0) is 16.8. The Morgan fingerprint density at radius 3 is 2.74 bits per heavy atom. The van der Waals surface area contributed by atoms with E-state index >= 15 is 0 Å². The summed E-state index contributed by atoms with van der Waals surface area (Å²) in [6.07, 6.45) is 9.54. The van der Waals surface area contributed by atoms with Crippen LogP contribution in [0.25, 0.3) is 0 Å². The molecule has 3 aliphatic rings. The number of carbonyl (C=O) groups excluding carboxylic acids is 2. The summed E-state index contributed by atoms with van der Waals surface area (Å²) >= 11 is 0. The summed E-state index contributed by atoms with van der Waals surface area (Å²) in [4.78, 5) is 24.6. The van der Waals surface area contributed by atoms with Crippen LogP contribution in [0.3, 0.4) is 0 Å². The van der Waals surface area contributed by atoms with E-state index in [9.17, 15) is 14.7 Å². The highest BCUT2D eigenvalue weighted by molar-refractivity contribution is 5.91. The van der Waals surface area contributed by atoms with E-state index in [4.69, 9.17) is 0 Å². The Morgan fingerprint density at radius 1 is 1.35 bits per heavy atom. The predicted octanol–water partition coefficient (Wildman–Crippen LogP) is 3.47. The third-order valence-electron chi connectivity index (χ3n) is 7.12. The number of aliphatic hydroxyl groups is 1. The van der Waals surface area contributed by atoms with Gasteiger partial charge in [0.25, 0.3) is 0 Å². The van der Waals surface area contributed by atoms with E-state index in [0.717, 1.165) is 44.8 Å². The molecule has 6 atom stereocenters. The van der Waals surface area contributed by atoms with Crippen molar-refractivity contribution in [3.63, 3.8) is 0 Å². The number of rotatable bonds is 3. The van der Waals surface area contributed by atoms with Crippen molar-refractivity contribution < 1.29 is 14.7 Å². The first-order valence-corrected chi connectivity index (χ1v) is 8.86. The Morgan fingerprint density at radius 2 is 2.09 bits per heavy atom. The molecule has 2 fully saturated rings. The van der Waals surface area contributed by atoms with Crippen LogP contribution < -0.4 is 0 Å². The molecule has 0 aromatic heterocycles. The quantitative estimate of drug-likeness (QED) is 0.641. The topological polar surface area (TPSA) is 54.4 Å². The summed E-state index contributed by atoms with van der Waals surface area (Å²) in [5, 5.41) is 9.97. The molecule has 0 bridgehead atoms. The second-order valence-corrected chi connectivity index (χ2v) is 8.21. The second kappa shape index (κ2) is 5.70. The Bertz CT molecular complexity index is 555. The molecule has 0 aromatic carbocycles. The van der Waals surface area contributed by atoms with E-state index in [-0.39, 0.29) is 29.1 Å². The summed E-state index contributed by atoms with van der Waals surface area (Å²) < 4.78 is 0. The summed E-state index contributed by atoms with van der Waals surface area (Å²) in [5.74, 6) is 0.226. The number of hydrogen-bond donors (Lipinski definition) is 1. The molecule has 0 amide bonds. The molecule has 0 aromatic rings. The number of aldehydes is 1. The maximum absolute atomic E-state index is 13.2. The number of Topliss-reactive ketones (excluding diaryl/α,β-unsaturated/α-hetero) is 1. The molecular weight excluding hydrogens is 288 g/mol. The molecule has 3 aliphatic carbocycles. The molecule has 0 saturated heterocycles. The third kappa shape index (κ3) is 2.36. The Labute approximate surface area is 138 Å². The van der Waals surface area contributed by atoms with Gasteiger partial charge in [0, 0.05) is 17.3 Å². The van der Waals surface area contributed by atoms with Gasteiger partial charge in [-0.25, -0.2) is 0 Å². The minimum absolute atomic E-state index is 0.0140. The molecule has 3 rings (SSSR count). The molecule has 0 radical (unpaired) electrons. The first-order valence-electron chi connectivity index (χ1n) is 8.86. The minimum atomic E-state index is -0.597. The van der Waals surface area contributed by atoms with Gasteiger partial charge in [-0.05, 0) is 49.9 Å². The van der Waals surface area contributed by atoms with Gasteiger partial charge >= 0.3 is 0 Å². The van der Waals surface area contributed by atoms with Gasteiger partial charge in [0.15, 0.2) is 0 Å². The molecule has 0 spiro atoms. The van der Waals surface area contributed by atoms with Crippen LogP contribution in [0, 0.1) is 28.6 Å². The lowest BCUT2D eigenvalue weighted by molar-refractivity contribution is -0.146. The van der Waals surface area contributed by atoms with Gasteiger partial charge in [-0.2, -0.15) is 0 Å². The van der Waals surface area contributed by atoms with E-state index in [2.05, 4.69) is 19.6 Å². The fraction of sp³-hybridized carbons (Fsp3) is 0.700. The van der Waals surface area contributed by atoms with Gasteiger partial charge in [-0.3, -0.25) is 4.79 Å². The van der Waals surface area contributed by atoms with E-state index in [0.29, 0.717) is 5.92 Å². The smallest absolute Gasteiger partial charge is 0.143 e. The zero-order valence-electron chi connectivity index (χ0n) is 14.3. The van der Waals surface area contributed by atoms with E-state index in [1.165, 1.54) is 5.57 Å². The lowest BCUT2D eigenvalue weighted by atomic mass is 9.49. The molecule has 23 heavy (non-hydrogen) atoms. The Kier molecular flexibility index (Phi) is 4.12. The molecule has 2 saturated carbocycles. The SMILES string of the molecule is C=C[C@@H](C=O)[C@@]1(C)CC[C@H]2[C@@H](CC=C3C[C@@H](O)CC[C@@]32C)C1=O. The first-order chi connectivity index (χ1) is 10.9. The number of hydrogen-bond acceptors (Lipinski definition) is 3. The van der Waals surface area contributed by atoms with E-state index < -0.39 is 5.41 Å². The second-order valence-electron chi connectivity index (χ2n) is 8.21. The van der Waals surface area contributed by atoms with Gasteiger partial charge in [0.05, 0.1) is 6.10 Å². The number of ketones is 1. The standard InChI is InChI=1S/C20H28O3/c1-4-13(12-21)20(3)10-8-17-16(18(20)23)6-5-14-11-15(22)7-9-19(14,17)2/h4-5,12-13,15-17,22H,1,6-11H2,2-3H3/t13-,15-,16+,17-,19-,20+/m0/s1. The van der Waals surface area contributed by atoms with Gasteiger partial charge in [-0.1, -0.05) is 31.6 Å². The molecule has 0 unspecified atom stereocenters. The van der Waals surface area contributed by atoms with Crippen LogP contribution in [0.4, 0.5) is 0 Å². The largest absolute Gasteiger partial charge is 0.393 e. The number of allylic oxidation sites excluding steroid dienone is 2. The fourth-order valence-electron chi connectivity index (χ4n) is 5.44. The van der Waals surface area contributed by atoms with Crippen molar-refractivity contribution in [1.82, 2.24) is 0 Å². The van der Waals surface area contributed by atoms with Gasteiger partial charge in [-0.15, -0.1) is 6.58 Å². The van der Waals surface area contributed by atoms with Crippen LogP contribution in [0.5, 0.6) is 0 Å². The summed E-state index contributed by atoms with van der Waals surface area (Å²) in [5.41, 5.74) is 0.800. The predicted molar refractivity (Wildman–Crippen MR) is 89.7 cm³/mol. The van der Waals surface area contributed by atoms with Crippen LogP contribution in [-0.4, -0.2) is 23.3 Å². The zero-order valence-corrected chi connectivity index (χ0v) is 14.3. The van der Waals surface area contributed by atoms with Gasteiger partial charge in [0.1, 0.15) is 12.1 Å². The Hall–Kier alpha value is -1.22. The van der Waals surface area contributed by atoms with E-state index in [1.54, 1.807) is 6.08 Å². The highest BCUT2D eigenvalue weighted by atomic mass is 16.3. The van der Waals surface area contributed by atoms with Gasteiger partial charge in [0.2, 0.25) is 0 Å². The minimum Gasteiger partial charge on any atom is -0.393 e. The average molecular weight is 316 g/mol. The monoisotopic (exact) mass is 316 g/mol. The maximum atomic E-state index is 13.2. The van der Waals surface area contributed by atoms with Crippen LogP contribution in [-0.2, 0) is 9.59 Å². The first kappa shape index (κ1) is 16.6. The van der Waals surface area contributed by atoms with Crippen molar-refractivity contribution in [2.45, 2.75) is 58.5 Å². The number of carbonyl (C=O) groups is 2. The molecule has 0 heterocycles. The maximum Gasteiger partial charge on any atom is 0.143 e. The lowest BCUT2D eigenvalue weighted by Gasteiger charge is -2.54. The van der Waals surface area contributed by atoms with Crippen molar-refractivity contribution in [3.05, 3.63) is 24.3 Å². The summed E-state index contributed by atoms with van der Waals surface area (Å²) in [6, 6.07) is 0. The van der Waals surface area contributed by atoms with Crippen molar-refractivity contribution in [2.24, 2.45) is 28.6 Å². The normalized spacial score (nSPS) is 44.6. The van der Waals surface area contributed by atoms with E-state index in [1.807, 2.05) is 6.92 Å². The van der Waals surface area contributed by atoms with Crippen molar-refractivity contribution in [3.8, 4) is 0 Å². The molecule has 3 heteroatoms. The molecule has 126 valence electrons. The fourth-order valence-corrected chi connectivity index (χ4v) is 5.44. The van der Waals surface area contributed by atoms with Gasteiger partial charge < -0.3 is 9.90 Å². The Balaban J connectivity index is 1.93. The highest BCUT2D eigenvalue weighted by Gasteiger charge is 2.55. The van der Waals surface area contributed by atoms with Crippen LogP contribution in [0.1, 0.15) is 52.4 Å². The molecule has 0 aliphatic heterocycles. The van der Waals surface area contributed by atoms with Crippen LogP contribution in [0.15, 0.2) is 24.3 Å². The lowest BCUT2D eigenvalue weighted by Crippen LogP contribution is -2.53. The number of aliphatic hydroxyl groups excluding tert-OH is 1. The third-order valence-corrected chi connectivity index (χ3v) is 7.12. The summed E-state index contributed by atoms with van der Waals surface area (Å²) in [7, 11) is 0. The molecular formula is C20H28O3. The van der Waals surface area contributed by atoms with Crippen molar-refractivity contribution in [2.75, 3.05) is 0 Å². The number of fused-ring (bicyclic) bond motifs is 3. The average Bonchev–Trinajstić information content (AvgIpc) is 2.53. The van der Waals surface area contributed by atoms with Crippen molar-refractivity contribution >= 4 is 12.1 Å². The highest BCUT2D eigenvalue weighted by Crippen LogP contribution is 2.59. The summed E-state index contributed by atoms with van der Waals surface area (Å²) in [6.45, 7) is 7.98. The molecule has 3 nitrogen and oxygen atoms in total. The molecule has 1 N–H and O–H groups in total. The van der Waals surface area contributed by atoms with Crippen molar-refractivity contribution in [1.29, 1.82) is 0 Å². The van der Waals surface area contributed by atoms with Crippen LogP contribution in [0.2, 0.25) is 0 Å². The van der Waals surface area contributed by atoms with Crippen LogP contribution >= 0.6 is 0 Å².